The summed E-state index contributed by atoms with van der Waals surface area (Å²) in [5.41, 5.74) is 11.9. The summed E-state index contributed by atoms with van der Waals surface area (Å²) in [5.74, 6) is 0.465. The van der Waals surface area contributed by atoms with E-state index in [1.165, 1.54) is 6.33 Å². The van der Waals surface area contributed by atoms with E-state index in [-0.39, 0.29) is 19.0 Å². The third-order valence-corrected chi connectivity index (χ3v) is 2.72. The molecule has 10 heteroatoms. The van der Waals surface area contributed by atoms with Gasteiger partial charge in [0, 0.05) is 6.42 Å². The van der Waals surface area contributed by atoms with Crippen LogP contribution in [-0.2, 0) is 4.74 Å². The molecule has 0 aromatic carbocycles. The number of ether oxygens (including phenoxy) is 1. The molecule has 3 atom stereocenters. The first-order valence-electron chi connectivity index (χ1n) is 5.85. The summed E-state index contributed by atoms with van der Waals surface area (Å²) in [6.07, 6.45) is -0.525. The Morgan fingerprint density at radius 2 is 2.10 bits per heavy atom. The zero-order chi connectivity index (χ0) is 14.7. The van der Waals surface area contributed by atoms with Gasteiger partial charge in [0.2, 0.25) is 5.95 Å². The van der Waals surface area contributed by atoms with E-state index in [0.29, 0.717) is 17.0 Å². The molecule has 0 amide bonds. The second-order valence-corrected chi connectivity index (χ2v) is 4.18. The van der Waals surface area contributed by atoms with Crippen LogP contribution in [0.15, 0.2) is 6.33 Å². The first kappa shape index (κ1) is 14.4. The summed E-state index contributed by atoms with van der Waals surface area (Å²) in [7, 11) is 0. The maximum Gasteiger partial charge on any atom is 0.224 e. The van der Waals surface area contributed by atoms with E-state index in [1.807, 2.05) is 0 Å². The van der Waals surface area contributed by atoms with Crippen LogP contribution >= 0.6 is 0 Å². The van der Waals surface area contributed by atoms with Gasteiger partial charge in [0.05, 0.1) is 19.0 Å². The Kier molecular flexibility index (Phi) is 4.29. The highest BCUT2D eigenvalue weighted by molar-refractivity contribution is 5.81. The second kappa shape index (κ2) is 5.96. The average Bonchev–Trinajstić information content (AvgIpc) is 2.96. The number of aromatic amines is 1. The molecule has 8 N–H and O–H groups in total. The molecule has 0 spiro atoms. The normalized spacial score (nSPS) is 25.4. The number of aliphatic hydroxyl groups is 3. The number of H-pyrrole nitrogens is 1. The summed E-state index contributed by atoms with van der Waals surface area (Å²) in [6.45, 7) is -0.238. The minimum absolute atomic E-state index is 0.141. The Hall–Kier alpha value is -2.01. The lowest BCUT2D eigenvalue weighted by Crippen LogP contribution is -2.24. The van der Waals surface area contributed by atoms with Gasteiger partial charge >= 0.3 is 0 Å². The Balaban J connectivity index is 0.000000151. The molecule has 0 aliphatic carbocycles. The first-order chi connectivity index (χ1) is 9.51. The van der Waals surface area contributed by atoms with Crippen molar-refractivity contribution in [1.29, 1.82) is 0 Å². The quantitative estimate of drug-likeness (QED) is 0.344. The molecule has 0 saturated carbocycles. The number of aliphatic hydroxyl groups excluding tert-OH is 3. The number of aromatic nitrogens is 4. The SMILES string of the molecule is Nc1nc(N)c2[nH]cnc2n1.OC[C@H]1OC(O)C[C@@H]1O. The maximum atomic E-state index is 8.91. The fourth-order valence-corrected chi connectivity index (χ4v) is 1.74. The molecule has 1 fully saturated rings. The predicted molar refractivity (Wildman–Crippen MR) is 69.1 cm³/mol. The highest BCUT2D eigenvalue weighted by Crippen LogP contribution is 2.17. The van der Waals surface area contributed by atoms with Crippen LogP contribution in [0.2, 0.25) is 0 Å². The lowest BCUT2D eigenvalue weighted by atomic mass is 10.2. The molecule has 2 aromatic rings. The fraction of sp³-hybridized carbons (Fsp3) is 0.500. The molecule has 20 heavy (non-hydrogen) atoms. The van der Waals surface area contributed by atoms with Crippen molar-refractivity contribution in [3.8, 4) is 0 Å². The molecule has 1 unspecified atom stereocenters. The number of imidazole rings is 1. The number of hydrogen-bond donors (Lipinski definition) is 6. The monoisotopic (exact) mass is 284 g/mol. The average molecular weight is 284 g/mol. The molecule has 1 aliphatic heterocycles. The molecule has 1 saturated heterocycles. The van der Waals surface area contributed by atoms with Gasteiger partial charge in [-0.2, -0.15) is 9.97 Å². The lowest BCUT2D eigenvalue weighted by Gasteiger charge is -2.08. The zero-order valence-electron chi connectivity index (χ0n) is 10.5. The molecular formula is C10H16N6O4. The summed E-state index contributed by atoms with van der Waals surface area (Å²) in [4.78, 5) is 14.3. The van der Waals surface area contributed by atoms with Crippen LogP contribution in [0, 0.1) is 0 Å². The largest absolute Gasteiger partial charge is 0.394 e. The van der Waals surface area contributed by atoms with Gasteiger partial charge in [0.25, 0.3) is 0 Å². The van der Waals surface area contributed by atoms with Crippen molar-refractivity contribution in [2.45, 2.75) is 24.9 Å². The van der Waals surface area contributed by atoms with Gasteiger partial charge in [-0.3, -0.25) is 0 Å². The Bertz CT molecular complexity index is 576. The number of rotatable bonds is 1. The Labute approximate surface area is 113 Å². The van der Waals surface area contributed by atoms with Crippen LogP contribution < -0.4 is 11.5 Å². The van der Waals surface area contributed by atoms with E-state index in [2.05, 4.69) is 24.7 Å². The third kappa shape index (κ3) is 3.11. The van der Waals surface area contributed by atoms with E-state index in [1.54, 1.807) is 0 Å². The lowest BCUT2D eigenvalue weighted by molar-refractivity contribution is -0.107. The van der Waals surface area contributed by atoms with Gasteiger partial charge in [0.15, 0.2) is 17.8 Å². The number of nitrogen functional groups attached to an aromatic ring is 2. The topological polar surface area (TPSA) is 176 Å². The third-order valence-electron chi connectivity index (χ3n) is 2.72. The van der Waals surface area contributed by atoms with E-state index >= 15 is 0 Å². The smallest absolute Gasteiger partial charge is 0.224 e. The van der Waals surface area contributed by atoms with Crippen LogP contribution in [-0.4, -0.2) is 60.4 Å². The van der Waals surface area contributed by atoms with Gasteiger partial charge in [-0.05, 0) is 0 Å². The van der Waals surface area contributed by atoms with E-state index < -0.39 is 18.5 Å². The molecule has 3 heterocycles. The fourth-order valence-electron chi connectivity index (χ4n) is 1.74. The van der Waals surface area contributed by atoms with Crippen molar-refractivity contribution in [3.63, 3.8) is 0 Å². The number of hydrogen-bond acceptors (Lipinski definition) is 9. The molecular weight excluding hydrogens is 268 g/mol. The molecule has 0 radical (unpaired) electrons. The van der Waals surface area contributed by atoms with Crippen molar-refractivity contribution in [2.24, 2.45) is 0 Å². The predicted octanol–water partition coefficient (Wildman–Crippen LogP) is -2.04. The Morgan fingerprint density at radius 1 is 1.35 bits per heavy atom. The van der Waals surface area contributed by atoms with Gasteiger partial charge in [-0.1, -0.05) is 0 Å². The summed E-state index contributed by atoms with van der Waals surface area (Å²) < 4.78 is 4.68. The van der Waals surface area contributed by atoms with Gasteiger partial charge in [-0.15, -0.1) is 0 Å². The summed E-state index contributed by atoms with van der Waals surface area (Å²) in [6, 6.07) is 0. The van der Waals surface area contributed by atoms with E-state index in [0.717, 1.165) is 0 Å². The van der Waals surface area contributed by atoms with Crippen LogP contribution in [0.4, 0.5) is 11.8 Å². The number of fused-ring (bicyclic) bond motifs is 1. The van der Waals surface area contributed by atoms with Gasteiger partial charge in [0.1, 0.15) is 11.6 Å². The maximum absolute atomic E-state index is 8.91. The number of nitrogens with zero attached hydrogens (tertiary/aromatic N) is 3. The number of nitrogens with two attached hydrogens (primary N) is 2. The molecule has 110 valence electrons. The summed E-state index contributed by atoms with van der Waals surface area (Å²) in [5, 5.41) is 26.1. The molecule has 3 rings (SSSR count). The van der Waals surface area contributed by atoms with E-state index in [9.17, 15) is 0 Å². The van der Waals surface area contributed by atoms with Crippen LogP contribution in [0.3, 0.4) is 0 Å². The molecule has 10 nitrogen and oxygen atoms in total. The van der Waals surface area contributed by atoms with Crippen molar-refractivity contribution >= 4 is 22.9 Å². The van der Waals surface area contributed by atoms with Crippen LogP contribution in [0.1, 0.15) is 6.42 Å². The highest BCUT2D eigenvalue weighted by Gasteiger charge is 2.31. The Morgan fingerprint density at radius 3 is 2.65 bits per heavy atom. The number of nitrogens with one attached hydrogen (secondary N) is 1. The van der Waals surface area contributed by atoms with Gasteiger partial charge < -0.3 is 36.5 Å². The molecule has 2 aromatic heterocycles. The molecule has 0 bridgehead atoms. The second-order valence-electron chi connectivity index (χ2n) is 4.18. The van der Waals surface area contributed by atoms with Crippen molar-refractivity contribution in [2.75, 3.05) is 18.1 Å². The zero-order valence-corrected chi connectivity index (χ0v) is 10.5. The standard InChI is InChI=1S/C5H6N6.C5H10O4/c6-3-2-4(9-1-8-2)11-5(7)10-3;6-2-4-3(7)1-5(8)9-4/h1H,(H5,6,7,8,9,10,11);3-8H,1-2H2/t;3-,4+,5?/m.0/s1. The van der Waals surface area contributed by atoms with Crippen LogP contribution in [0.5, 0.6) is 0 Å². The van der Waals surface area contributed by atoms with Crippen LogP contribution in [0.25, 0.3) is 11.2 Å². The number of anilines is 2. The summed E-state index contributed by atoms with van der Waals surface area (Å²) >= 11 is 0. The van der Waals surface area contributed by atoms with Crippen molar-refractivity contribution in [3.05, 3.63) is 6.33 Å². The minimum Gasteiger partial charge on any atom is -0.394 e. The highest BCUT2D eigenvalue weighted by atomic mass is 16.6. The first-order valence-corrected chi connectivity index (χ1v) is 5.85. The minimum atomic E-state index is -0.905. The van der Waals surface area contributed by atoms with Gasteiger partial charge in [-0.25, -0.2) is 4.98 Å². The van der Waals surface area contributed by atoms with Crippen molar-refractivity contribution in [1.82, 2.24) is 19.9 Å². The van der Waals surface area contributed by atoms with E-state index in [4.69, 9.17) is 26.8 Å². The van der Waals surface area contributed by atoms with Crippen molar-refractivity contribution < 1.29 is 20.1 Å². The molecule has 1 aliphatic rings.